The average Bonchev–Trinajstić information content (AvgIpc) is 3.33. The second kappa shape index (κ2) is 9.82. The van der Waals surface area contributed by atoms with Gasteiger partial charge in [0.05, 0.1) is 38.4 Å². The number of benzene rings is 1. The van der Waals surface area contributed by atoms with Gasteiger partial charge in [0.2, 0.25) is 11.8 Å². The van der Waals surface area contributed by atoms with Gasteiger partial charge in [0.25, 0.3) is 0 Å². The summed E-state index contributed by atoms with van der Waals surface area (Å²) in [6, 6.07) is 12.1. The number of carbonyl (C=O) groups excluding carboxylic acids is 1. The summed E-state index contributed by atoms with van der Waals surface area (Å²) in [4.78, 5) is 17.4. The van der Waals surface area contributed by atoms with Gasteiger partial charge in [0.15, 0.2) is 6.04 Å². The molecule has 2 aromatic rings. The van der Waals surface area contributed by atoms with E-state index in [0.717, 1.165) is 50.0 Å². The highest BCUT2D eigenvalue weighted by Crippen LogP contribution is 2.22. The lowest BCUT2D eigenvalue weighted by atomic mass is 9.91. The van der Waals surface area contributed by atoms with Gasteiger partial charge in [-0.3, -0.25) is 4.79 Å². The number of quaternary nitrogens is 2. The Hall–Kier alpha value is -1.77. The van der Waals surface area contributed by atoms with Crippen LogP contribution in [0.1, 0.15) is 21.3 Å². The van der Waals surface area contributed by atoms with Crippen molar-refractivity contribution in [1.82, 2.24) is 0 Å². The fraction of sp³-hybridized carbons (Fsp3) is 0.500. The zero-order chi connectivity index (χ0) is 20.1. The van der Waals surface area contributed by atoms with Crippen molar-refractivity contribution >= 4 is 17.1 Å². The van der Waals surface area contributed by atoms with Gasteiger partial charge in [-0.2, -0.15) is 0 Å². The Bertz CT molecular complexity index is 769. The fourth-order valence-corrected chi connectivity index (χ4v) is 5.21. The maximum Gasteiger partial charge on any atom is 0.236 e. The van der Waals surface area contributed by atoms with Crippen molar-refractivity contribution in [2.45, 2.75) is 12.1 Å². The van der Waals surface area contributed by atoms with E-state index in [1.807, 2.05) is 29.6 Å². The molecule has 4 rings (SSSR count). The molecule has 0 unspecified atom stereocenters. The van der Waals surface area contributed by atoms with Gasteiger partial charge in [-0.15, -0.1) is 11.3 Å². The molecule has 0 bridgehead atoms. The van der Waals surface area contributed by atoms with Crippen LogP contribution in [0.5, 0.6) is 5.75 Å². The van der Waals surface area contributed by atoms with Gasteiger partial charge < -0.3 is 24.0 Å². The summed E-state index contributed by atoms with van der Waals surface area (Å²) in [6.45, 7) is 6.43. The minimum atomic E-state index is -0.140. The highest BCUT2D eigenvalue weighted by Gasteiger charge is 2.46. The molecule has 1 aromatic heterocycles. The molecular weight excluding hydrogens is 388 g/mol. The summed E-state index contributed by atoms with van der Waals surface area (Å²) in [7, 11) is 1.68. The molecule has 0 aliphatic carbocycles. The van der Waals surface area contributed by atoms with Crippen LogP contribution in [0.2, 0.25) is 0 Å². The van der Waals surface area contributed by atoms with Crippen LogP contribution in [0.3, 0.4) is 0 Å². The lowest BCUT2D eigenvalue weighted by Crippen LogP contribution is -3.25. The van der Waals surface area contributed by atoms with Gasteiger partial charge in [-0.05, 0) is 35.7 Å². The number of thiophene rings is 1. The Labute approximate surface area is 176 Å². The SMILES string of the molecule is COc1ccc([C@H]([C@H](C(=O)c2cccs2)[NH+]2CCOCC2)[NH+]2CCOCC2)cc1. The van der Waals surface area contributed by atoms with E-state index in [2.05, 4.69) is 12.1 Å². The lowest BCUT2D eigenvalue weighted by Gasteiger charge is -2.39. The molecule has 29 heavy (non-hydrogen) atoms. The number of hydrogen-bond donors (Lipinski definition) is 2. The molecule has 2 atom stereocenters. The quantitative estimate of drug-likeness (QED) is 0.616. The highest BCUT2D eigenvalue weighted by molar-refractivity contribution is 7.12. The van der Waals surface area contributed by atoms with Crippen LogP contribution in [0.15, 0.2) is 41.8 Å². The van der Waals surface area contributed by atoms with Crippen molar-refractivity contribution < 1.29 is 28.8 Å². The van der Waals surface area contributed by atoms with Crippen molar-refractivity contribution in [3.8, 4) is 5.75 Å². The Morgan fingerprint density at radius 2 is 1.59 bits per heavy atom. The molecule has 2 aliphatic rings. The molecule has 1 aromatic carbocycles. The summed E-state index contributed by atoms with van der Waals surface area (Å²) in [5.41, 5.74) is 1.19. The molecule has 2 N–H and O–H groups in total. The first-order chi connectivity index (χ1) is 14.3. The zero-order valence-electron chi connectivity index (χ0n) is 16.9. The number of morpholine rings is 2. The summed E-state index contributed by atoms with van der Waals surface area (Å²) in [5.74, 6) is 1.08. The van der Waals surface area contributed by atoms with E-state index in [9.17, 15) is 4.79 Å². The van der Waals surface area contributed by atoms with Gasteiger partial charge in [0.1, 0.15) is 31.9 Å². The van der Waals surface area contributed by atoms with Crippen LogP contribution in [-0.4, -0.2) is 71.5 Å². The van der Waals surface area contributed by atoms with Gasteiger partial charge in [-0.1, -0.05) is 6.07 Å². The van der Waals surface area contributed by atoms with Crippen molar-refractivity contribution in [3.05, 3.63) is 52.2 Å². The fourth-order valence-electron chi connectivity index (χ4n) is 4.51. The van der Waals surface area contributed by atoms with Crippen LogP contribution in [-0.2, 0) is 9.47 Å². The van der Waals surface area contributed by atoms with Crippen LogP contribution < -0.4 is 14.5 Å². The van der Waals surface area contributed by atoms with Crippen LogP contribution in [0, 0.1) is 0 Å². The standard InChI is InChI=1S/C22H28N2O4S/c1-26-18-6-4-17(5-7-18)20(23-8-12-27-13-9-23)21(24-10-14-28-15-11-24)22(25)19-3-2-16-29-19/h2-7,16,20-21H,8-15H2,1H3/p+2/t20-,21-/m1/s1. The van der Waals surface area contributed by atoms with E-state index in [-0.39, 0.29) is 17.9 Å². The summed E-state index contributed by atoms with van der Waals surface area (Å²) in [5, 5.41) is 1.99. The Morgan fingerprint density at radius 1 is 0.966 bits per heavy atom. The molecule has 0 amide bonds. The first-order valence-electron chi connectivity index (χ1n) is 10.3. The first-order valence-corrected chi connectivity index (χ1v) is 11.2. The third-order valence-corrected chi connectivity index (χ3v) is 6.89. The molecule has 6 nitrogen and oxygen atoms in total. The normalized spacial score (nSPS) is 20.9. The average molecular weight is 419 g/mol. The molecule has 2 aliphatic heterocycles. The Morgan fingerprint density at radius 3 is 2.14 bits per heavy atom. The predicted octanol–water partition coefficient (Wildman–Crippen LogP) is -0.120. The van der Waals surface area contributed by atoms with Gasteiger partial charge in [-0.25, -0.2) is 0 Å². The number of ether oxygens (including phenoxy) is 3. The summed E-state index contributed by atoms with van der Waals surface area (Å²) in [6.07, 6.45) is 0. The van der Waals surface area contributed by atoms with Crippen LogP contribution >= 0.6 is 11.3 Å². The highest BCUT2D eigenvalue weighted by atomic mass is 32.1. The summed E-state index contributed by atoms with van der Waals surface area (Å²) >= 11 is 1.54. The molecule has 0 saturated carbocycles. The molecule has 3 heterocycles. The molecule has 2 fully saturated rings. The third kappa shape index (κ3) is 4.70. The lowest BCUT2D eigenvalue weighted by molar-refractivity contribution is -0.999. The maximum absolute atomic E-state index is 13.8. The van der Waals surface area contributed by atoms with E-state index in [1.165, 1.54) is 15.4 Å². The van der Waals surface area contributed by atoms with Crippen molar-refractivity contribution in [2.24, 2.45) is 0 Å². The molecule has 0 spiro atoms. The summed E-state index contributed by atoms with van der Waals surface area (Å²) < 4.78 is 16.6. The largest absolute Gasteiger partial charge is 0.497 e. The molecular formula is C22H30N2O4S+2. The number of rotatable bonds is 7. The van der Waals surface area contributed by atoms with E-state index < -0.39 is 0 Å². The van der Waals surface area contributed by atoms with Crippen molar-refractivity contribution in [2.75, 3.05) is 59.7 Å². The van der Waals surface area contributed by atoms with Crippen molar-refractivity contribution in [3.63, 3.8) is 0 Å². The van der Waals surface area contributed by atoms with Crippen molar-refractivity contribution in [1.29, 1.82) is 0 Å². The van der Waals surface area contributed by atoms with Gasteiger partial charge in [0, 0.05) is 5.56 Å². The minimum absolute atomic E-state index is 0.0764. The predicted molar refractivity (Wildman–Crippen MR) is 111 cm³/mol. The number of carbonyl (C=O) groups is 1. The maximum atomic E-state index is 13.8. The molecule has 0 radical (unpaired) electrons. The van der Waals surface area contributed by atoms with E-state index >= 15 is 0 Å². The topological polar surface area (TPSA) is 53.6 Å². The second-order valence-corrected chi connectivity index (χ2v) is 8.56. The first kappa shape index (κ1) is 20.5. The number of ketones is 1. The zero-order valence-corrected chi connectivity index (χ0v) is 17.7. The van der Waals surface area contributed by atoms with Crippen LogP contribution in [0.4, 0.5) is 0 Å². The number of hydrogen-bond acceptors (Lipinski definition) is 5. The number of nitrogens with one attached hydrogen (secondary N) is 2. The van der Waals surface area contributed by atoms with Gasteiger partial charge >= 0.3 is 0 Å². The van der Waals surface area contributed by atoms with E-state index in [0.29, 0.717) is 13.2 Å². The molecule has 7 heteroatoms. The smallest absolute Gasteiger partial charge is 0.236 e. The Kier molecular flexibility index (Phi) is 6.94. The number of Topliss-reactive ketones (excluding diaryl/α,β-unsaturated/α-hetero) is 1. The molecule has 2 saturated heterocycles. The second-order valence-electron chi connectivity index (χ2n) is 7.61. The molecule has 156 valence electrons. The van der Waals surface area contributed by atoms with Crippen LogP contribution in [0.25, 0.3) is 0 Å². The van der Waals surface area contributed by atoms with E-state index in [4.69, 9.17) is 14.2 Å². The number of methoxy groups -OCH3 is 1. The third-order valence-electron chi connectivity index (χ3n) is 6.00. The monoisotopic (exact) mass is 418 g/mol. The minimum Gasteiger partial charge on any atom is -0.497 e. The van der Waals surface area contributed by atoms with E-state index in [1.54, 1.807) is 18.4 Å². The Balaban J connectivity index is 1.74.